The van der Waals surface area contributed by atoms with Crippen LogP contribution in [0.15, 0.2) is 41.1 Å². The Morgan fingerprint density at radius 2 is 1.95 bits per heavy atom. The zero-order valence-electron chi connectivity index (χ0n) is 12.1. The number of hydrogen-bond donors (Lipinski definition) is 1. The number of pyridine rings is 2. The topological polar surface area (TPSA) is 58.1 Å². The molecule has 6 heteroatoms. The van der Waals surface area contributed by atoms with Crippen LogP contribution in [0.2, 0.25) is 0 Å². The van der Waals surface area contributed by atoms with Crippen molar-refractivity contribution in [3.05, 3.63) is 46.7 Å². The van der Waals surface area contributed by atoms with Gasteiger partial charge in [0.15, 0.2) is 0 Å². The van der Waals surface area contributed by atoms with E-state index < -0.39 is 0 Å². The van der Waals surface area contributed by atoms with Crippen LogP contribution in [0.3, 0.4) is 0 Å². The van der Waals surface area contributed by atoms with E-state index in [1.165, 1.54) is 6.42 Å². The Bertz CT molecular complexity index is 653. The third kappa shape index (κ3) is 3.44. The predicted octanol–water partition coefficient (Wildman–Crippen LogP) is 3.48. The Morgan fingerprint density at radius 3 is 2.68 bits per heavy atom. The number of aromatic nitrogens is 2. The summed E-state index contributed by atoms with van der Waals surface area (Å²) in [7, 11) is 0. The first kappa shape index (κ1) is 15.0. The molecular weight excluding hydrogens is 344 g/mol. The van der Waals surface area contributed by atoms with Gasteiger partial charge in [0, 0.05) is 30.0 Å². The van der Waals surface area contributed by atoms with Gasteiger partial charge in [0.25, 0.3) is 5.91 Å². The van der Waals surface area contributed by atoms with Gasteiger partial charge in [0.2, 0.25) is 0 Å². The van der Waals surface area contributed by atoms with E-state index in [0.29, 0.717) is 11.4 Å². The van der Waals surface area contributed by atoms with Gasteiger partial charge in [0.1, 0.15) is 11.6 Å². The molecule has 1 amide bonds. The second kappa shape index (κ2) is 6.87. The van der Waals surface area contributed by atoms with Crippen LogP contribution in [0.1, 0.15) is 29.6 Å². The number of piperidine rings is 1. The van der Waals surface area contributed by atoms with Crippen molar-refractivity contribution >= 4 is 33.5 Å². The molecule has 3 rings (SSSR count). The van der Waals surface area contributed by atoms with Crippen LogP contribution in [0.4, 0.5) is 11.6 Å². The van der Waals surface area contributed by atoms with Crippen LogP contribution >= 0.6 is 15.9 Å². The summed E-state index contributed by atoms with van der Waals surface area (Å²) in [5.41, 5.74) is 0.592. The molecule has 2 aromatic heterocycles. The molecule has 1 aliphatic heterocycles. The highest BCUT2D eigenvalue weighted by Crippen LogP contribution is 2.22. The summed E-state index contributed by atoms with van der Waals surface area (Å²) in [5.74, 6) is 1.11. The molecule has 0 bridgehead atoms. The Balaban J connectivity index is 1.81. The summed E-state index contributed by atoms with van der Waals surface area (Å²) in [6.45, 7) is 1.90. The molecule has 3 heterocycles. The maximum atomic E-state index is 12.5. The molecule has 0 saturated carbocycles. The van der Waals surface area contributed by atoms with Crippen LogP contribution in [0, 0.1) is 0 Å². The highest BCUT2D eigenvalue weighted by molar-refractivity contribution is 9.10. The fraction of sp³-hybridized carbons (Fsp3) is 0.312. The molecule has 0 aliphatic carbocycles. The first-order valence-corrected chi connectivity index (χ1v) is 8.16. The average Bonchev–Trinajstić information content (AvgIpc) is 2.58. The number of carbonyl (C=O) groups is 1. The van der Waals surface area contributed by atoms with E-state index >= 15 is 0 Å². The van der Waals surface area contributed by atoms with Crippen molar-refractivity contribution in [3.8, 4) is 0 Å². The molecule has 114 valence electrons. The van der Waals surface area contributed by atoms with Gasteiger partial charge in [-0.2, -0.15) is 0 Å². The van der Waals surface area contributed by atoms with Gasteiger partial charge in [-0.25, -0.2) is 9.97 Å². The molecule has 1 fully saturated rings. The van der Waals surface area contributed by atoms with E-state index in [9.17, 15) is 4.79 Å². The minimum atomic E-state index is -0.177. The molecule has 0 unspecified atom stereocenters. The molecule has 1 saturated heterocycles. The van der Waals surface area contributed by atoms with E-state index in [0.717, 1.165) is 36.2 Å². The molecule has 2 aromatic rings. The highest BCUT2D eigenvalue weighted by atomic mass is 79.9. The third-order valence-electron chi connectivity index (χ3n) is 3.66. The lowest BCUT2D eigenvalue weighted by Gasteiger charge is -2.29. The molecule has 0 radical (unpaired) electrons. The zero-order chi connectivity index (χ0) is 15.4. The number of nitrogens with zero attached hydrogens (tertiary/aromatic N) is 3. The van der Waals surface area contributed by atoms with Gasteiger partial charge in [-0.1, -0.05) is 0 Å². The van der Waals surface area contributed by atoms with Crippen LogP contribution in [0.5, 0.6) is 0 Å². The first-order chi connectivity index (χ1) is 10.7. The van der Waals surface area contributed by atoms with E-state index in [2.05, 4.69) is 36.1 Å². The summed E-state index contributed by atoms with van der Waals surface area (Å²) in [4.78, 5) is 23.3. The lowest BCUT2D eigenvalue weighted by molar-refractivity contribution is 0.102. The minimum absolute atomic E-state index is 0.177. The summed E-state index contributed by atoms with van der Waals surface area (Å²) in [6.07, 6.45) is 6.93. The Morgan fingerprint density at radius 1 is 1.14 bits per heavy atom. The summed E-state index contributed by atoms with van der Waals surface area (Å²) in [5, 5.41) is 2.83. The summed E-state index contributed by atoms with van der Waals surface area (Å²) in [6, 6.07) is 7.21. The standard InChI is InChI=1S/C16H17BrN4O/c17-12-6-7-14(19-11-12)20-16(22)13-5-4-8-18-15(13)21-9-2-1-3-10-21/h4-8,11H,1-3,9-10H2,(H,19,20,22). The molecular formula is C16H17BrN4O. The van der Waals surface area contributed by atoms with Gasteiger partial charge in [-0.3, -0.25) is 4.79 Å². The highest BCUT2D eigenvalue weighted by Gasteiger charge is 2.19. The number of halogens is 1. The first-order valence-electron chi connectivity index (χ1n) is 7.37. The quantitative estimate of drug-likeness (QED) is 0.910. The van der Waals surface area contributed by atoms with E-state index in [4.69, 9.17) is 0 Å². The van der Waals surface area contributed by atoms with Crippen molar-refractivity contribution in [1.82, 2.24) is 9.97 Å². The van der Waals surface area contributed by atoms with Crippen molar-refractivity contribution in [1.29, 1.82) is 0 Å². The van der Waals surface area contributed by atoms with Gasteiger partial charge in [-0.05, 0) is 59.5 Å². The van der Waals surface area contributed by atoms with Crippen LogP contribution in [-0.4, -0.2) is 29.0 Å². The van der Waals surface area contributed by atoms with Crippen molar-refractivity contribution in [2.24, 2.45) is 0 Å². The fourth-order valence-corrected chi connectivity index (χ4v) is 2.80. The third-order valence-corrected chi connectivity index (χ3v) is 4.12. The minimum Gasteiger partial charge on any atom is -0.356 e. The van der Waals surface area contributed by atoms with Gasteiger partial charge >= 0.3 is 0 Å². The Kier molecular flexibility index (Phi) is 4.68. The Hall–Kier alpha value is -1.95. The van der Waals surface area contributed by atoms with E-state index in [1.807, 2.05) is 12.1 Å². The van der Waals surface area contributed by atoms with Crippen molar-refractivity contribution < 1.29 is 4.79 Å². The molecule has 5 nitrogen and oxygen atoms in total. The number of rotatable bonds is 3. The predicted molar refractivity (Wildman–Crippen MR) is 90.2 cm³/mol. The molecule has 0 aromatic carbocycles. The maximum absolute atomic E-state index is 12.5. The van der Waals surface area contributed by atoms with Crippen LogP contribution < -0.4 is 10.2 Å². The maximum Gasteiger partial charge on any atom is 0.260 e. The number of nitrogens with one attached hydrogen (secondary N) is 1. The lowest BCUT2D eigenvalue weighted by Crippen LogP contribution is -2.32. The zero-order valence-corrected chi connectivity index (χ0v) is 13.7. The van der Waals surface area contributed by atoms with E-state index in [-0.39, 0.29) is 5.91 Å². The van der Waals surface area contributed by atoms with E-state index in [1.54, 1.807) is 24.5 Å². The number of carbonyl (C=O) groups excluding carboxylic acids is 1. The molecule has 1 aliphatic rings. The average molecular weight is 361 g/mol. The number of amides is 1. The smallest absolute Gasteiger partial charge is 0.260 e. The number of hydrogen-bond acceptors (Lipinski definition) is 4. The molecule has 0 atom stereocenters. The SMILES string of the molecule is O=C(Nc1ccc(Br)cn1)c1cccnc1N1CCCCC1. The summed E-state index contributed by atoms with van der Waals surface area (Å²) >= 11 is 3.33. The Labute approximate surface area is 137 Å². The lowest BCUT2D eigenvalue weighted by atomic mass is 10.1. The van der Waals surface area contributed by atoms with Gasteiger partial charge in [-0.15, -0.1) is 0 Å². The normalized spacial score (nSPS) is 14.7. The van der Waals surface area contributed by atoms with Crippen LogP contribution in [0.25, 0.3) is 0 Å². The fourth-order valence-electron chi connectivity index (χ4n) is 2.57. The van der Waals surface area contributed by atoms with Gasteiger partial charge in [0.05, 0.1) is 5.56 Å². The van der Waals surface area contributed by atoms with Crippen LogP contribution in [-0.2, 0) is 0 Å². The molecule has 1 N–H and O–H groups in total. The van der Waals surface area contributed by atoms with Gasteiger partial charge < -0.3 is 10.2 Å². The second-order valence-corrected chi connectivity index (χ2v) is 6.15. The largest absolute Gasteiger partial charge is 0.356 e. The molecule has 0 spiro atoms. The van der Waals surface area contributed by atoms with Crippen molar-refractivity contribution in [2.75, 3.05) is 23.3 Å². The second-order valence-electron chi connectivity index (χ2n) is 5.24. The van der Waals surface area contributed by atoms with Crippen molar-refractivity contribution in [2.45, 2.75) is 19.3 Å². The summed E-state index contributed by atoms with van der Waals surface area (Å²) < 4.78 is 0.876. The van der Waals surface area contributed by atoms with Crippen molar-refractivity contribution in [3.63, 3.8) is 0 Å². The molecule has 22 heavy (non-hydrogen) atoms. The number of anilines is 2. The monoisotopic (exact) mass is 360 g/mol.